The van der Waals surface area contributed by atoms with Gasteiger partial charge in [0.05, 0.1) is 6.61 Å². The van der Waals surface area contributed by atoms with Crippen molar-refractivity contribution in [3.05, 3.63) is 96.1 Å². The molecule has 3 N–H and O–H groups in total. The Bertz CT molecular complexity index is 1420. The summed E-state index contributed by atoms with van der Waals surface area (Å²) in [5.74, 6) is -1.36. The van der Waals surface area contributed by atoms with Gasteiger partial charge in [0.1, 0.15) is 18.0 Å². The number of para-hydroxylation sites is 1. The van der Waals surface area contributed by atoms with Gasteiger partial charge >= 0.3 is 24.4 Å². The van der Waals surface area contributed by atoms with E-state index >= 15 is 0 Å². The van der Waals surface area contributed by atoms with Crippen molar-refractivity contribution in [2.75, 3.05) is 13.2 Å². The number of ether oxygens (including phenoxy) is 5. The third-order valence-electron chi connectivity index (χ3n) is 6.93. The number of carbonyl (C=O) groups is 4. The first-order chi connectivity index (χ1) is 21.0. The van der Waals surface area contributed by atoms with Gasteiger partial charge in [-0.25, -0.2) is 9.59 Å². The van der Waals surface area contributed by atoms with Crippen LogP contribution >= 0.6 is 0 Å². The molecule has 1 heterocycles. The lowest BCUT2D eigenvalue weighted by Gasteiger charge is -2.35. The Morgan fingerprint density at radius 1 is 0.864 bits per heavy atom. The quantitative estimate of drug-likeness (QED) is 0.176. The van der Waals surface area contributed by atoms with Crippen LogP contribution in [-0.4, -0.2) is 75.9 Å². The van der Waals surface area contributed by atoms with E-state index in [-0.39, 0.29) is 5.92 Å². The first-order valence-corrected chi connectivity index (χ1v) is 13.6. The molecular formula is C31H31NO12. The van der Waals surface area contributed by atoms with Gasteiger partial charge in [-0.1, -0.05) is 60.7 Å². The molecule has 0 unspecified atom stereocenters. The summed E-state index contributed by atoms with van der Waals surface area (Å²) < 4.78 is 24.8. The third-order valence-corrected chi connectivity index (χ3v) is 6.93. The van der Waals surface area contributed by atoms with Crippen LogP contribution in [0.15, 0.2) is 84.9 Å². The van der Waals surface area contributed by atoms with Gasteiger partial charge in [0, 0.05) is 12.0 Å². The molecule has 1 aliphatic heterocycles. The fourth-order valence-electron chi connectivity index (χ4n) is 4.91. The lowest BCUT2D eigenvalue weighted by atomic mass is 9.85. The van der Waals surface area contributed by atoms with Crippen LogP contribution < -0.4 is 4.74 Å². The average Bonchev–Trinajstić information content (AvgIpc) is 3.39. The van der Waals surface area contributed by atoms with Crippen LogP contribution in [0.2, 0.25) is 0 Å². The molecule has 1 aliphatic rings. The van der Waals surface area contributed by atoms with E-state index in [9.17, 15) is 24.3 Å². The summed E-state index contributed by atoms with van der Waals surface area (Å²) in [6, 6.07) is 25.4. The standard InChI is InChI=1S/C31H31NO12/c1-20(32(18-27(33)34)28(35)26-19-40-31(42-26,43-29(36)37)44-30(38)39)25(17-12-21-8-4-2-5-9-21)22-13-15-24(16-14-22)41-23-10-6-3-7-11-23/h2-11,13-16,20,25-26H,12,17-19H2,1H3,(H,33,34)(H,36,37)(H,38,39)/t20-,25+,26-/m1/s1. The number of hydrogen-bond acceptors (Lipinski definition) is 9. The summed E-state index contributed by atoms with van der Waals surface area (Å²) in [6.45, 7) is 0.293. The van der Waals surface area contributed by atoms with Crippen molar-refractivity contribution in [1.29, 1.82) is 0 Å². The molecule has 0 saturated carbocycles. The molecule has 0 radical (unpaired) electrons. The molecule has 1 saturated heterocycles. The highest BCUT2D eigenvalue weighted by Gasteiger charge is 2.54. The van der Waals surface area contributed by atoms with Crippen LogP contribution in [0.3, 0.4) is 0 Å². The lowest BCUT2D eigenvalue weighted by Crippen LogP contribution is -2.50. The highest BCUT2D eigenvalue weighted by molar-refractivity contribution is 5.85. The van der Waals surface area contributed by atoms with Crippen LogP contribution in [0.4, 0.5) is 9.59 Å². The molecule has 13 heteroatoms. The lowest BCUT2D eigenvalue weighted by molar-refractivity contribution is -0.427. The van der Waals surface area contributed by atoms with Crippen LogP contribution in [0.1, 0.15) is 30.4 Å². The molecule has 232 valence electrons. The number of benzene rings is 3. The van der Waals surface area contributed by atoms with Crippen LogP contribution in [-0.2, 0) is 35.0 Å². The Hall–Kier alpha value is -5.14. The monoisotopic (exact) mass is 609 g/mol. The smallest absolute Gasteiger partial charge is 0.480 e. The first-order valence-electron chi connectivity index (χ1n) is 13.6. The second-order valence-electron chi connectivity index (χ2n) is 9.87. The first kappa shape index (κ1) is 31.8. The second-order valence-corrected chi connectivity index (χ2v) is 9.87. The predicted molar refractivity (Wildman–Crippen MR) is 151 cm³/mol. The third kappa shape index (κ3) is 8.46. The number of nitrogens with zero attached hydrogens (tertiary/aromatic N) is 1. The predicted octanol–water partition coefficient (Wildman–Crippen LogP) is 4.91. The van der Waals surface area contributed by atoms with Crippen molar-refractivity contribution < 1.29 is 58.2 Å². The van der Waals surface area contributed by atoms with Crippen molar-refractivity contribution >= 4 is 24.2 Å². The van der Waals surface area contributed by atoms with E-state index in [0.29, 0.717) is 24.3 Å². The van der Waals surface area contributed by atoms with E-state index in [1.165, 1.54) is 0 Å². The zero-order chi connectivity index (χ0) is 31.7. The molecular weight excluding hydrogens is 578 g/mol. The molecule has 13 nitrogen and oxygen atoms in total. The zero-order valence-corrected chi connectivity index (χ0v) is 23.6. The minimum absolute atomic E-state index is 0.387. The summed E-state index contributed by atoms with van der Waals surface area (Å²) in [6.07, 6.45) is -7.53. The van der Waals surface area contributed by atoms with E-state index in [0.717, 1.165) is 16.0 Å². The summed E-state index contributed by atoms with van der Waals surface area (Å²) in [5, 5.41) is 27.7. The minimum atomic E-state index is -3.04. The largest absolute Gasteiger partial charge is 0.519 e. The molecule has 1 fully saturated rings. The SMILES string of the molecule is C[C@H]([C@H](CCc1ccccc1)c1ccc(Oc2ccccc2)cc1)N(CC(=O)O)C(=O)[C@H]1COC(OC(=O)O)(OC(=O)O)O1. The fraction of sp³-hybridized carbons (Fsp3) is 0.290. The highest BCUT2D eigenvalue weighted by atomic mass is 17.1. The molecule has 0 aromatic heterocycles. The van der Waals surface area contributed by atoms with Gasteiger partial charge in [-0.15, -0.1) is 0 Å². The van der Waals surface area contributed by atoms with Crippen molar-refractivity contribution in [3.63, 3.8) is 0 Å². The maximum Gasteiger partial charge on any atom is 0.519 e. The Kier molecular flexibility index (Phi) is 10.4. The maximum atomic E-state index is 13.7. The Balaban J connectivity index is 1.60. The second kappa shape index (κ2) is 14.4. The van der Waals surface area contributed by atoms with Crippen LogP contribution in [0.25, 0.3) is 0 Å². The number of aryl methyl sites for hydroxylation is 1. The number of carbonyl (C=O) groups excluding carboxylic acids is 1. The molecule has 0 bridgehead atoms. The van der Waals surface area contributed by atoms with Gasteiger partial charge in [-0.2, -0.15) is 0 Å². The molecule has 3 aromatic rings. The van der Waals surface area contributed by atoms with Gasteiger partial charge in [0.2, 0.25) is 0 Å². The molecule has 0 spiro atoms. The molecule has 0 aliphatic carbocycles. The topological polar surface area (TPSA) is 178 Å². The number of aliphatic carboxylic acids is 1. The number of rotatable bonds is 13. The van der Waals surface area contributed by atoms with E-state index in [1.807, 2.05) is 72.8 Å². The van der Waals surface area contributed by atoms with Gasteiger partial charge in [-0.3, -0.25) is 19.1 Å². The van der Waals surface area contributed by atoms with E-state index < -0.39 is 55.6 Å². The van der Waals surface area contributed by atoms with Gasteiger partial charge in [0.15, 0.2) is 6.10 Å². The minimum Gasteiger partial charge on any atom is -0.480 e. The summed E-state index contributed by atoms with van der Waals surface area (Å²) in [7, 11) is 0. The van der Waals surface area contributed by atoms with Gasteiger partial charge < -0.3 is 34.4 Å². The van der Waals surface area contributed by atoms with Gasteiger partial charge in [-0.05, 0) is 55.2 Å². The van der Waals surface area contributed by atoms with Crippen molar-refractivity contribution in [1.82, 2.24) is 4.90 Å². The van der Waals surface area contributed by atoms with Crippen molar-refractivity contribution in [2.24, 2.45) is 0 Å². The van der Waals surface area contributed by atoms with E-state index in [4.69, 9.17) is 24.4 Å². The number of hydrogen-bond donors (Lipinski definition) is 3. The number of carboxylic acids is 1. The van der Waals surface area contributed by atoms with Gasteiger partial charge in [0.25, 0.3) is 5.91 Å². The van der Waals surface area contributed by atoms with Crippen molar-refractivity contribution in [3.8, 4) is 11.5 Å². The normalized spacial score (nSPS) is 16.7. The number of carboxylic acid groups (broad SMARTS) is 3. The van der Waals surface area contributed by atoms with E-state index in [1.54, 1.807) is 19.1 Å². The average molecular weight is 610 g/mol. The highest BCUT2D eigenvalue weighted by Crippen LogP contribution is 2.34. The zero-order valence-electron chi connectivity index (χ0n) is 23.6. The Morgan fingerprint density at radius 3 is 2.00 bits per heavy atom. The van der Waals surface area contributed by atoms with Crippen LogP contribution in [0, 0.1) is 0 Å². The molecule has 44 heavy (non-hydrogen) atoms. The molecule has 4 rings (SSSR count). The fourth-order valence-corrected chi connectivity index (χ4v) is 4.91. The van der Waals surface area contributed by atoms with Crippen LogP contribution in [0.5, 0.6) is 11.5 Å². The Morgan fingerprint density at radius 2 is 1.43 bits per heavy atom. The van der Waals surface area contributed by atoms with Crippen molar-refractivity contribution in [2.45, 2.75) is 44.0 Å². The summed E-state index contributed by atoms with van der Waals surface area (Å²) in [4.78, 5) is 48.9. The molecule has 3 aromatic carbocycles. The molecule has 3 atom stereocenters. The summed E-state index contributed by atoms with van der Waals surface area (Å²) in [5.41, 5.74) is 1.84. The maximum absolute atomic E-state index is 13.7. The number of amides is 1. The van der Waals surface area contributed by atoms with E-state index in [2.05, 4.69) is 9.47 Å². The molecule has 1 amide bonds. The summed E-state index contributed by atoms with van der Waals surface area (Å²) >= 11 is 0. The Labute approximate surface area is 252 Å².